The molecule has 3 aromatic carbocycles. The number of nitrogens with zero attached hydrogens (tertiary/aromatic N) is 2. The molecular weight excluding hydrogens is 434 g/mol. The SMILES string of the molecule is COc1ccc(-c2nc3cc(NC(=O)/C=C/c4cccc([N+](=O)[O-])c4)ccc3o2)cc1Cl. The zero-order chi connectivity index (χ0) is 22.7. The number of hydrogen-bond donors (Lipinski definition) is 1. The number of nitrogens with one attached hydrogen (secondary N) is 1. The van der Waals surface area contributed by atoms with Gasteiger partial charge in [0, 0.05) is 29.5 Å². The van der Waals surface area contributed by atoms with E-state index >= 15 is 0 Å². The van der Waals surface area contributed by atoms with Crippen molar-refractivity contribution in [1.82, 2.24) is 4.98 Å². The van der Waals surface area contributed by atoms with Gasteiger partial charge in [-0.15, -0.1) is 0 Å². The summed E-state index contributed by atoms with van der Waals surface area (Å²) in [7, 11) is 1.54. The number of nitro groups is 1. The molecule has 0 aliphatic rings. The van der Waals surface area contributed by atoms with Crippen LogP contribution in [0.4, 0.5) is 11.4 Å². The molecule has 0 atom stereocenters. The van der Waals surface area contributed by atoms with E-state index < -0.39 is 4.92 Å². The fourth-order valence-corrected chi connectivity index (χ4v) is 3.28. The Morgan fingerprint density at radius 1 is 1.19 bits per heavy atom. The van der Waals surface area contributed by atoms with Crippen molar-refractivity contribution in [3.63, 3.8) is 0 Å². The summed E-state index contributed by atoms with van der Waals surface area (Å²) in [4.78, 5) is 27.1. The van der Waals surface area contributed by atoms with Crippen molar-refractivity contribution >= 4 is 46.1 Å². The topological polar surface area (TPSA) is 108 Å². The van der Waals surface area contributed by atoms with E-state index in [9.17, 15) is 14.9 Å². The maximum Gasteiger partial charge on any atom is 0.270 e. The molecule has 0 unspecified atom stereocenters. The average molecular weight is 450 g/mol. The Morgan fingerprint density at radius 2 is 2.03 bits per heavy atom. The fourth-order valence-electron chi connectivity index (χ4n) is 3.03. The van der Waals surface area contributed by atoms with Crippen LogP contribution < -0.4 is 10.1 Å². The van der Waals surface area contributed by atoms with Crippen LogP contribution in [0.5, 0.6) is 5.75 Å². The lowest BCUT2D eigenvalue weighted by Crippen LogP contribution is -2.07. The van der Waals surface area contributed by atoms with Crippen molar-refractivity contribution in [2.45, 2.75) is 0 Å². The molecule has 0 fully saturated rings. The third kappa shape index (κ3) is 4.60. The van der Waals surface area contributed by atoms with Gasteiger partial charge in [0.2, 0.25) is 11.8 Å². The summed E-state index contributed by atoms with van der Waals surface area (Å²) >= 11 is 6.18. The van der Waals surface area contributed by atoms with Gasteiger partial charge in [-0.25, -0.2) is 4.98 Å². The first kappa shape index (κ1) is 21.1. The average Bonchev–Trinajstić information content (AvgIpc) is 3.21. The van der Waals surface area contributed by atoms with Crippen LogP contribution in [0.1, 0.15) is 5.56 Å². The number of ether oxygens (including phenoxy) is 1. The molecule has 0 saturated heterocycles. The molecule has 0 saturated carbocycles. The van der Waals surface area contributed by atoms with Crippen LogP contribution in [0.25, 0.3) is 28.6 Å². The lowest BCUT2D eigenvalue weighted by Gasteiger charge is -2.03. The second-order valence-corrected chi connectivity index (χ2v) is 7.13. The Labute approximate surface area is 187 Å². The molecule has 32 heavy (non-hydrogen) atoms. The molecule has 1 aromatic heterocycles. The summed E-state index contributed by atoms with van der Waals surface area (Å²) in [5.74, 6) is 0.551. The van der Waals surface area contributed by atoms with E-state index in [1.54, 1.807) is 48.5 Å². The van der Waals surface area contributed by atoms with E-state index in [1.807, 2.05) is 0 Å². The zero-order valence-corrected chi connectivity index (χ0v) is 17.5. The van der Waals surface area contributed by atoms with E-state index in [1.165, 1.54) is 31.4 Å². The Kier molecular flexibility index (Phi) is 5.87. The van der Waals surface area contributed by atoms with Gasteiger partial charge >= 0.3 is 0 Å². The molecule has 1 amide bonds. The number of anilines is 1. The lowest BCUT2D eigenvalue weighted by atomic mass is 10.2. The molecule has 0 bridgehead atoms. The number of non-ortho nitro benzene ring substituents is 1. The second kappa shape index (κ2) is 8.91. The molecular formula is C23H16ClN3O5. The Balaban J connectivity index is 1.50. The summed E-state index contributed by atoms with van der Waals surface area (Å²) in [6.45, 7) is 0. The smallest absolute Gasteiger partial charge is 0.270 e. The molecule has 0 aliphatic carbocycles. The van der Waals surface area contributed by atoms with E-state index in [4.69, 9.17) is 20.8 Å². The van der Waals surface area contributed by atoms with Crippen LogP contribution in [0.15, 0.2) is 71.2 Å². The molecule has 160 valence electrons. The number of oxazole rings is 1. The maximum atomic E-state index is 12.3. The minimum Gasteiger partial charge on any atom is -0.495 e. The molecule has 1 N–H and O–H groups in total. The van der Waals surface area contributed by atoms with Gasteiger partial charge in [0.25, 0.3) is 5.69 Å². The molecule has 9 heteroatoms. The highest BCUT2D eigenvalue weighted by Crippen LogP contribution is 2.32. The third-order valence-electron chi connectivity index (χ3n) is 4.56. The third-order valence-corrected chi connectivity index (χ3v) is 4.86. The number of methoxy groups -OCH3 is 1. The lowest BCUT2D eigenvalue weighted by molar-refractivity contribution is -0.384. The minimum atomic E-state index is -0.487. The van der Waals surface area contributed by atoms with Gasteiger partial charge in [-0.05, 0) is 48.0 Å². The summed E-state index contributed by atoms with van der Waals surface area (Å²) in [6.07, 6.45) is 2.80. The summed E-state index contributed by atoms with van der Waals surface area (Å²) in [5, 5.41) is 14.0. The van der Waals surface area contributed by atoms with Crippen molar-refractivity contribution in [2.24, 2.45) is 0 Å². The van der Waals surface area contributed by atoms with Crippen molar-refractivity contribution in [3.8, 4) is 17.2 Å². The number of amides is 1. The quantitative estimate of drug-likeness (QED) is 0.229. The number of rotatable bonds is 6. The zero-order valence-electron chi connectivity index (χ0n) is 16.7. The normalized spacial score (nSPS) is 11.1. The van der Waals surface area contributed by atoms with Gasteiger partial charge in [0.15, 0.2) is 5.58 Å². The highest BCUT2D eigenvalue weighted by atomic mass is 35.5. The number of hydrogen-bond acceptors (Lipinski definition) is 6. The Bertz CT molecular complexity index is 1360. The number of halogens is 1. The largest absolute Gasteiger partial charge is 0.495 e. The fraction of sp³-hybridized carbons (Fsp3) is 0.0435. The standard InChI is InChI=1S/C23H16ClN3O5/c1-31-20-8-6-15(12-18(20)24)23-26-19-13-16(7-9-21(19)32-23)25-22(28)10-5-14-3-2-4-17(11-14)27(29)30/h2-13H,1H3,(H,25,28)/b10-5+. The van der Waals surface area contributed by atoms with Crippen molar-refractivity contribution in [1.29, 1.82) is 0 Å². The predicted molar refractivity (Wildman–Crippen MR) is 122 cm³/mol. The minimum absolute atomic E-state index is 0.0435. The van der Waals surface area contributed by atoms with Crippen LogP contribution in [-0.4, -0.2) is 22.9 Å². The van der Waals surface area contributed by atoms with Crippen LogP contribution in [0.2, 0.25) is 5.02 Å². The molecule has 4 aromatic rings. The first-order valence-electron chi connectivity index (χ1n) is 9.41. The van der Waals surface area contributed by atoms with Crippen molar-refractivity contribution < 1.29 is 18.9 Å². The molecule has 0 spiro atoms. The predicted octanol–water partition coefficient (Wildman–Crippen LogP) is 5.72. The Morgan fingerprint density at radius 3 is 2.78 bits per heavy atom. The van der Waals surface area contributed by atoms with Crippen molar-refractivity contribution in [2.75, 3.05) is 12.4 Å². The molecule has 0 aliphatic heterocycles. The highest BCUT2D eigenvalue weighted by Gasteiger charge is 2.12. The summed E-state index contributed by atoms with van der Waals surface area (Å²) in [6, 6.07) is 16.3. The molecule has 1 heterocycles. The number of carbonyl (C=O) groups excluding carboxylic acids is 1. The van der Waals surface area contributed by atoms with E-state index in [-0.39, 0.29) is 11.6 Å². The van der Waals surface area contributed by atoms with Crippen LogP contribution in [-0.2, 0) is 4.79 Å². The van der Waals surface area contributed by atoms with Crippen LogP contribution in [0.3, 0.4) is 0 Å². The monoisotopic (exact) mass is 449 g/mol. The van der Waals surface area contributed by atoms with Gasteiger partial charge in [-0.2, -0.15) is 0 Å². The van der Waals surface area contributed by atoms with Gasteiger partial charge < -0.3 is 14.5 Å². The first-order chi connectivity index (χ1) is 15.4. The number of benzene rings is 3. The van der Waals surface area contributed by atoms with E-state index in [2.05, 4.69) is 10.3 Å². The number of carbonyl (C=O) groups is 1. The van der Waals surface area contributed by atoms with Gasteiger partial charge in [0.1, 0.15) is 11.3 Å². The summed E-state index contributed by atoms with van der Waals surface area (Å²) < 4.78 is 10.9. The second-order valence-electron chi connectivity index (χ2n) is 6.73. The molecule has 4 rings (SSSR count). The van der Waals surface area contributed by atoms with Crippen molar-refractivity contribution in [3.05, 3.63) is 87.4 Å². The van der Waals surface area contributed by atoms with E-state index in [0.29, 0.717) is 44.6 Å². The summed E-state index contributed by atoms with van der Waals surface area (Å²) in [5.41, 5.74) is 2.84. The van der Waals surface area contributed by atoms with E-state index in [0.717, 1.165) is 0 Å². The van der Waals surface area contributed by atoms with Gasteiger partial charge in [-0.1, -0.05) is 23.7 Å². The molecule has 0 radical (unpaired) electrons. The number of aromatic nitrogens is 1. The van der Waals surface area contributed by atoms with Crippen LogP contribution >= 0.6 is 11.6 Å². The highest BCUT2D eigenvalue weighted by molar-refractivity contribution is 6.32. The first-order valence-corrected chi connectivity index (χ1v) is 9.79. The molecule has 8 nitrogen and oxygen atoms in total. The number of nitro benzene ring substituents is 1. The van der Waals surface area contributed by atoms with Crippen LogP contribution in [0, 0.1) is 10.1 Å². The maximum absolute atomic E-state index is 12.3. The Hall–Kier alpha value is -4.17. The number of fused-ring (bicyclic) bond motifs is 1. The van der Waals surface area contributed by atoms with Gasteiger partial charge in [-0.3, -0.25) is 14.9 Å². The van der Waals surface area contributed by atoms with Gasteiger partial charge in [0.05, 0.1) is 17.1 Å².